The zero-order chi connectivity index (χ0) is 19.8. The van der Waals surface area contributed by atoms with Crippen molar-refractivity contribution in [3.8, 4) is 11.5 Å². The number of aromatic nitrogens is 2. The summed E-state index contributed by atoms with van der Waals surface area (Å²) in [5.74, 6) is 0.0504. The average molecular weight is 391 g/mol. The minimum atomic E-state index is -0.584. The Labute approximate surface area is 163 Å². The zero-order valence-electron chi connectivity index (χ0n) is 16.0. The number of methoxy groups -OCH3 is 1. The highest BCUT2D eigenvalue weighted by Crippen LogP contribution is 2.26. The fourth-order valence-corrected chi connectivity index (χ4v) is 3.39. The molecule has 2 atom stereocenters. The molecule has 1 aromatic carbocycles. The number of likely N-dealkylation sites (tertiary alicyclic amines) is 1. The molecular weight excluding hydrogens is 366 g/mol. The van der Waals surface area contributed by atoms with Gasteiger partial charge in [-0.15, -0.1) is 5.10 Å². The third-order valence-electron chi connectivity index (χ3n) is 4.77. The van der Waals surface area contributed by atoms with Gasteiger partial charge in [-0.25, -0.2) is 4.68 Å². The molecule has 0 aliphatic carbocycles. The van der Waals surface area contributed by atoms with Gasteiger partial charge in [-0.2, -0.15) is 0 Å². The highest BCUT2D eigenvalue weighted by Gasteiger charge is 2.37. The summed E-state index contributed by atoms with van der Waals surface area (Å²) in [5, 5.41) is 14.4. The van der Waals surface area contributed by atoms with Crippen LogP contribution in [0.1, 0.15) is 32.8 Å². The predicted molar refractivity (Wildman–Crippen MR) is 103 cm³/mol. The number of aliphatic hydroxyl groups is 1. The van der Waals surface area contributed by atoms with Gasteiger partial charge in [0.2, 0.25) is 5.89 Å². The minimum absolute atomic E-state index is 0.0672. The second-order valence-corrected chi connectivity index (χ2v) is 8.19. The maximum absolute atomic E-state index is 11.9. The standard InChI is InChI=1S/C19H25N3O4S/c1-19(2,3)13-7-5-12(6-8-13)16-20-22(18(27)26-16)11-21-10-14(23)9-15(21)17(24)25-4/h5-8,14-15,23H,9-11H2,1-4H3/t14-,15+/m1/s1. The van der Waals surface area contributed by atoms with E-state index in [2.05, 4.69) is 38.0 Å². The van der Waals surface area contributed by atoms with Gasteiger partial charge >= 0.3 is 5.97 Å². The Hall–Kier alpha value is -2.03. The smallest absolute Gasteiger partial charge is 0.323 e. The van der Waals surface area contributed by atoms with E-state index < -0.39 is 12.1 Å². The molecule has 1 aromatic heterocycles. The van der Waals surface area contributed by atoms with E-state index in [1.54, 1.807) is 4.90 Å². The van der Waals surface area contributed by atoms with Crippen molar-refractivity contribution in [1.82, 2.24) is 14.7 Å². The second-order valence-electron chi connectivity index (χ2n) is 7.84. The zero-order valence-corrected chi connectivity index (χ0v) is 16.8. The van der Waals surface area contributed by atoms with Crippen LogP contribution in [0.15, 0.2) is 28.7 Å². The van der Waals surface area contributed by atoms with E-state index in [0.29, 0.717) is 18.9 Å². The summed E-state index contributed by atoms with van der Waals surface area (Å²) < 4.78 is 12.0. The number of benzene rings is 1. The van der Waals surface area contributed by atoms with E-state index in [4.69, 9.17) is 21.4 Å². The number of carbonyl (C=O) groups excluding carboxylic acids is 1. The molecule has 2 heterocycles. The lowest BCUT2D eigenvalue weighted by Gasteiger charge is -2.21. The second kappa shape index (κ2) is 7.53. The number of nitrogens with zero attached hydrogens (tertiary/aromatic N) is 3. The van der Waals surface area contributed by atoms with Crippen LogP contribution in [0.2, 0.25) is 0 Å². The number of carbonyl (C=O) groups is 1. The normalized spacial score (nSPS) is 20.8. The van der Waals surface area contributed by atoms with Crippen LogP contribution in [0.5, 0.6) is 0 Å². The monoisotopic (exact) mass is 391 g/mol. The lowest BCUT2D eigenvalue weighted by atomic mass is 9.87. The van der Waals surface area contributed by atoms with Crippen molar-refractivity contribution in [3.63, 3.8) is 0 Å². The Balaban J connectivity index is 1.80. The highest BCUT2D eigenvalue weighted by atomic mass is 32.1. The molecule has 0 bridgehead atoms. The molecule has 3 rings (SSSR count). The number of aliphatic hydroxyl groups excluding tert-OH is 1. The van der Waals surface area contributed by atoms with Crippen LogP contribution >= 0.6 is 12.2 Å². The van der Waals surface area contributed by atoms with Gasteiger partial charge in [-0.1, -0.05) is 32.9 Å². The first-order chi connectivity index (χ1) is 12.7. The molecule has 1 aliphatic rings. The quantitative estimate of drug-likeness (QED) is 0.634. The maximum atomic E-state index is 11.9. The number of hydrogen-bond acceptors (Lipinski definition) is 7. The van der Waals surface area contributed by atoms with Crippen LogP contribution in [-0.2, 0) is 21.6 Å². The van der Waals surface area contributed by atoms with Gasteiger partial charge in [0.05, 0.1) is 19.9 Å². The average Bonchev–Trinajstić information content (AvgIpc) is 3.17. The van der Waals surface area contributed by atoms with Crippen LogP contribution in [0.25, 0.3) is 11.5 Å². The summed E-state index contributed by atoms with van der Waals surface area (Å²) >= 11 is 5.28. The molecule has 1 fully saturated rings. The van der Waals surface area contributed by atoms with Crippen LogP contribution < -0.4 is 0 Å². The van der Waals surface area contributed by atoms with E-state index in [0.717, 1.165) is 5.56 Å². The maximum Gasteiger partial charge on any atom is 0.323 e. The van der Waals surface area contributed by atoms with E-state index in [-0.39, 0.29) is 22.9 Å². The van der Waals surface area contributed by atoms with Crippen molar-refractivity contribution >= 4 is 18.2 Å². The molecule has 1 saturated heterocycles. The Kier molecular flexibility index (Phi) is 5.50. The summed E-state index contributed by atoms with van der Waals surface area (Å²) in [6.07, 6.45) is -0.251. The fraction of sp³-hybridized carbons (Fsp3) is 0.526. The number of esters is 1. The van der Waals surface area contributed by atoms with Gasteiger partial charge in [-0.3, -0.25) is 9.69 Å². The Bertz CT molecular complexity index is 866. The van der Waals surface area contributed by atoms with Gasteiger partial charge in [0.15, 0.2) is 0 Å². The summed E-state index contributed by atoms with van der Waals surface area (Å²) in [4.78, 5) is 13.9. The number of ether oxygens (including phenoxy) is 1. The number of rotatable bonds is 4. The predicted octanol–water partition coefficient (Wildman–Crippen LogP) is 2.74. The molecule has 7 nitrogen and oxygen atoms in total. The topological polar surface area (TPSA) is 80.7 Å². The van der Waals surface area contributed by atoms with E-state index in [1.807, 2.05) is 12.1 Å². The van der Waals surface area contributed by atoms with Crippen molar-refractivity contribution in [2.24, 2.45) is 0 Å². The van der Waals surface area contributed by atoms with Gasteiger partial charge < -0.3 is 14.3 Å². The van der Waals surface area contributed by atoms with E-state index in [9.17, 15) is 9.90 Å². The summed E-state index contributed by atoms with van der Waals surface area (Å²) in [5.41, 5.74) is 2.12. The fourth-order valence-electron chi connectivity index (χ4n) is 3.21. The summed E-state index contributed by atoms with van der Waals surface area (Å²) in [7, 11) is 1.34. The van der Waals surface area contributed by atoms with Gasteiger partial charge in [0, 0.05) is 18.5 Å². The molecule has 1 aliphatic heterocycles. The third-order valence-corrected chi connectivity index (χ3v) is 5.07. The molecule has 2 aromatic rings. The van der Waals surface area contributed by atoms with Crippen LogP contribution in [0.3, 0.4) is 0 Å². The lowest BCUT2D eigenvalue weighted by Crippen LogP contribution is -2.38. The Morgan fingerprint density at radius 2 is 2.04 bits per heavy atom. The summed E-state index contributed by atoms with van der Waals surface area (Å²) in [6.45, 7) is 7.07. The molecule has 1 N–H and O–H groups in total. The van der Waals surface area contributed by atoms with Crippen molar-refractivity contribution < 1.29 is 19.1 Å². The Morgan fingerprint density at radius 3 is 2.63 bits per heavy atom. The molecule has 0 spiro atoms. The van der Waals surface area contributed by atoms with Crippen LogP contribution in [-0.4, -0.2) is 51.6 Å². The first-order valence-corrected chi connectivity index (χ1v) is 9.28. The molecule has 8 heteroatoms. The molecular formula is C19H25N3O4S. The SMILES string of the molecule is COC(=O)[C@@H]1C[C@@H](O)CN1Cn1nc(-c2ccc(C(C)(C)C)cc2)oc1=S. The molecule has 0 saturated carbocycles. The molecule has 0 unspecified atom stereocenters. The first kappa shape index (κ1) is 19.7. The first-order valence-electron chi connectivity index (χ1n) is 8.88. The largest absolute Gasteiger partial charge is 0.468 e. The van der Waals surface area contributed by atoms with Crippen molar-refractivity contribution in [1.29, 1.82) is 0 Å². The van der Waals surface area contributed by atoms with Gasteiger partial charge in [0.25, 0.3) is 4.84 Å². The Morgan fingerprint density at radius 1 is 1.37 bits per heavy atom. The molecule has 0 radical (unpaired) electrons. The summed E-state index contributed by atoms with van der Waals surface area (Å²) in [6, 6.07) is 7.51. The van der Waals surface area contributed by atoms with Gasteiger partial charge in [-0.05, 0) is 35.3 Å². The molecule has 0 amide bonds. The lowest BCUT2D eigenvalue weighted by molar-refractivity contribution is -0.146. The molecule has 146 valence electrons. The highest BCUT2D eigenvalue weighted by molar-refractivity contribution is 7.71. The van der Waals surface area contributed by atoms with Crippen molar-refractivity contribution in [2.75, 3.05) is 13.7 Å². The minimum Gasteiger partial charge on any atom is -0.468 e. The number of hydrogen-bond donors (Lipinski definition) is 1. The van der Waals surface area contributed by atoms with Gasteiger partial charge in [0.1, 0.15) is 6.04 Å². The van der Waals surface area contributed by atoms with Crippen LogP contribution in [0.4, 0.5) is 0 Å². The molecule has 27 heavy (non-hydrogen) atoms. The van der Waals surface area contributed by atoms with Crippen molar-refractivity contribution in [3.05, 3.63) is 34.7 Å². The third kappa shape index (κ3) is 4.28. The van der Waals surface area contributed by atoms with Crippen LogP contribution in [0, 0.1) is 4.84 Å². The number of β-amino-alcohol motifs (C(OH)–C–C–N with tert-alkyl or cyclic N) is 1. The van der Waals surface area contributed by atoms with E-state index in [1.165, 1.54) is 17.4 Å². The van der Waals surface area contributed by atoms with Crippen molar-refractivity contribution in [2.45, 2.75) is 51.4 Å². The van der Waals surface area contributed by atoms with E-state index >= 15 is 0 Å².